The van der Waals surface area contributed by atoms with Gasteiger partial charge in [0.1, 0.15) is 0 Å². The lowest BCUT2D eigenvalue weighted by Crippen LogP contribution is -2.27. The fourth-order valence-electron chi connectivity index (χ4n) is 2.30. The molecule has 2 aromatic rings. The molecule has 21 heavy (non-hydrogen) atoms. The summed E-state index contributed by atoms with van der Waals surface area (Å²) in [5, 5.41) is 2.98. The zero-order chi connectivity index (χ0) is 15.5. The number of aromatic amines is 1. The molecule has 6 heteroatoms. The van der Waals surface area contributed by atoms with E-state index in [2.05, 4.69) is 15.0 Å². The van der Waals surface area contributed by atoms with Crippen molar-refractivity contribution in [2.75, 3.05) is 7.05 Å². The fourth-order valence-corrected chi connectivity index (χ4v) is 3.54. The summed E-state index contributed by atoms with van der Waals surface area (Å²) in [6.45, 7) is 4.42. The molecule has 1 unspecified atom stereocenters. The number of H-pyrrole nitrogens is 1. The summed E-state index contributed by atoms with van der Waals surface area (Å²) in [6.07, 6.45) is 1.51. The van der Waals surface area contributed by atoms with E-state index in [0.29, 0.717) is 6.54 Å². The molecule has 0 aliphatic carbocycles. The van der Waals surface area contributed by atoms with E-state index < -0.39 is 10.0 Å². The first kappa shape index (κ1) is 15.8. The van der Waals surface area contributed by atoms with Gasteiger partial charge < -0.3 is 10.3 Å². The lowest BCUT2D eigenvalue weighted by molar-refractivity contribution is 0.566. The summed E-state index contributed by atoms with van der Waals surface area (Å²) in [4.78, 5) is 3.21. The number of aromatic nitrogens is 1. The van der Waals surface area contributed by atoms with E-state index in [1.54, 1.807) is 6.07 Å². The third-order valence-electron chi connectivity index (χ3n) is 3.38. The maximum Gasteiger partial charge on any atom is 0.242 e. The molecule has 0 amide bonds. The van der Waals surface area contributed by atoms with Crippen molar-refractivity contribution in [2.45, 2.75) is 31.3 Å². The SMILES string of the molecule is CNCc1cc(S(=O)(=O)NC(C)c2ccccc2C)c[nH]1. The van der Waals surface area contributed by atoms with Gasteiger partial charge in [0.05, 0.1) is 4.90 Å². The minimum absolute atomic E-state index is 0.258. The van der Waals surface area contributed by atoms with Crippen LogP contribution in [0.2, 0.25) is 0 Å². The normalized spacial score (nSPS) is 13.3. The Morgan fingerprint density at radius 1 is 1.29 bits per heavy atom. The predicted octanol–water partition coefficient (Wildman–Crippen LogP) is 2.08. The number of aryl methyl sites for hydroxylation is 1. The van der Waals surface area contributed by atoms with Crippen molar-refractivity contribution in [1.29, 1.82) is 0 Å². The molecule has 2 rings (SSSR count). The number of nitrogens with one attached hydrogen (secondary N) is 3. The highest BCUT2D eigenvalue weighted by Gasteiger charge is 2.20. The van der Waals surface area contributed by atoms with Gasteiger partial charge in [0.2, 0.25) is 10.0 Å². The average Bonchev–Trinajstić information content (AvgIpc) is 2.88. The highest BCUT2D eigenvalue weighted by molar-refractivity contribution is 7.89. The van der Waals surface area contributed by atoms with Gasteiger partial charge in [-0.2, -0.15) is 0 Å². The molecule has 1 aromatic carbocycles. The first-order chi connectivity index (χ1) is 9.94. The van der Waals surface area contributed by atoms with E-state index in [0.717, 1.165) is 16.8 Å². The van der Waals surface area contributed by atoms with Crippen molar-refractivity contribution in [3.63, 3.8) is 0 Å². The highest BCUT2D eigenvalue weighted by Crippen LogP contribution is 2.20. The van der Waals surface area contributed by atoms with Gasteiger partial charge in [0.25, 0.3) is 0 Å². The highest BCUT2D eigenvalue weighted by atomic mass is 32.2. The molecule has 0 bridgehead atoms. The fraction of sp³-hybridized carbons (Fsp3) is 0.333. The van der Waals surface area contributed by atoms with E-state index in [-0.39, 0.29) is 10.9 Å². The van der Waals surface area contributed by atoms with Crippen LogP contribution in [-0.4, -0.2) is 20.4 Å². The molecule has 0 saturated heterocycles. The van der Waals surface area contributed by atoms with Crippen molar-refractivity contribution in [3.8, 4) is 0 Å². The van der Waals surface area contributed by atoms with Gasteiger partial charge in [-0.25, -0.2) is 13.1 Å². The lowest BCUT2D eigenvalue weighted by atomic mass is 10.0. The summed E-state index contributed by atoms with van der Waals surface area (Å²) < 4.78 is 27.5. The van der Waals surface area contributed by atoms with Crippen LogP contribution in [0, 0.1) is 6.92 Å². The second kappa shape index (κ2) is 6.43. The Kier molecular flexibility index (Phi) is 4.82. The third kappa shape index (κ3) is 3.72. The predicted molar refractivity (Wildman–Crippen MR) is 83.5 cm³/mol. The Labute approximate surface area is 125 Å². The number of hydrogen-bond acceptors (Lipinski definition) is 3. The van der Waals surface area contributed by atoms with E-state index in [1.807, 2.05) is 45.2 Å². The monoisotopic (exact) mass is 307 g/mol. The summed E-state index contributed by atoms with van der Waals surface area (Å²) in [6, 6.07) is 9.13. The van der Waals surface area contributed by atoms with Crippen LogP contribution >= 0.6 is 0 Å². The van der Waals surface area contributed by atoms with Crippen molar-refractivity contribution in [2.24, 2.45) is 0 Å². The van der Waals surface area contributed by atoms with Gasteiger partial charge in [0.15, 0.2) is 0 Å². The number of sulfonamides is 1. The molecule has 0 aliphatic heterocycles. The molecule has 0 spiro atoms. The second-order valence-corrected chi connectivity index (χ2v) is 6.80. The van der Waals surface area contributed by atoms with Crippen LogP contribution in [0.25, 0.3) is 0 Å². The Bertz CT molecular complexity index is 707. The molecular weight excluding hydrogens is 286 g/mol. The second-order valence-electron chi connectivity index (χ2n) is 5.09. The van der Waals surface area contributed by atoms with E-state index >= 15 is 0 Å². The van der Waals surface area contributed by atoms with Gasteiger partial charge in [-0.3, -0.25) is 0 Å². The topological polar surface area (TPSA) is 74.0 Å². The molecule has 0 radical (unpaired) electrons. The molecule has 3 N–H and O–H groups in total. The van der Waals surface area contributed by atoms with E-state index in [9.17, 15) is 8.42 Å². The van der Waals surface area contributed by atoms with E-state index in [1.165, 1.54) is 6.20 Å². The first-order valence-electron chi connectivity index (χ1n) is 6.84. The van der Waals surface area contributed by atoms with Crippen LogP contribution in [0.15, 0.2) is 41.4 Å². The summed E-state index contributed by atoms with van der Waals surface area (Å²) in [5.74, 6) is 0. The average molecular weight is 307 g/mol. The third-order valence-corrected chi connectivity index (χ3v) is 4.90. The van der Waals surface area contributed by atoms with Gasteiger partial charge >= 0.3 is 0 Å². The molecule has 0 saturated carbocycles. The zero-order valence-electron chi connectivity index (χ0n) is 12.5. The van der Waals surface area contributed by atoms with Crippen molar-refractivity contribution < 1.29 is 8.42 Å². The zero-order valence-corrected chi connectivity index (χ0v) is 13.3. The van der Waals surface area contributed by atoms with Gasteiger partial charge in [-0.1, -0.05) is 24.3 Å². The van der Waals surface area contributed by atoms with Crippen LogP contribution < -0.4 is 10.0 Å². The summed E-state index contributed by atoms with van der Waals surface area (Å²) in [7, 11) is -1.72. The minimum Gasteiger partial charge on any atom is -0.363 e. The van der Waals surface area contributed by atoms with Crippen molar-refractivity contribution in [3.05, 3.63) is 53.3 Å². The Morgan fingerprint density at radius 2 is 2.00 bits per heavy atom. The van der Waals surface area contributed by atoms with Gasteiger partial charge in [-0.15, -0.1) is 0 Å². The smallest absolute Gasteiger partial charge is 0.242 e. The Balaban J connectivity index is 2.18. The number of benzene rings is 1. The Morgan fingerprint density at radius 3 is 2.67 bits per heavy atom. The van der Waals surface area contributed by atoms with Gasteiger partial charge in [0, 0.05) is 24.5 Å². The molecule has 1 atom stereocenters. The van der Waals surface area contributed by atoms with Crippen molar-refractivity contribution >= 4 is 10.0 Å². The van der Waals surface area contributed by atoms with E-state index in [4.69, 9.17) is 0 Å². The lowest BCUT2D eigenvalue weighted by Gasteiger charge is -2.16. The minimum atomic E-state index is -3.53. The quantitative estimate of drug-likeness (QED) is 0.765. The first-order valence-corrected chi connectivity index (χ1v) is 8.32. The van der Waals surface area contributed by atoms with Crippen LogP contribution in [0.5, 0.6) is 0 Å². The summed E-state index contributed by atoms with van der Waals surface area (Å²) in [5.41, 5.74) is 2.88. The van der Waals surface area contributed by atoms with Crippen molar-refractivity contribution in [1.82, 2.24) is 15.0 Å². The molecule has 114 valence electrons. The largest absolute Gasteiger partial charge is 0.363 e. The van der Waals surface area contributed by atoms with Crippen LogP contribution in [0.4, 0.5) is 0 Å². The maximum absolute atomic E-state index is 12.4. The molecule has 1 aromatic heterocycles. The molecule has 0 fully saturated rings. The van der Waals surface area contributed by atoms with Crippen LogP contribution in [0.3, 0.4) is 0 Å². The number of rotatable bonds is 6. The standard InChI is InChI=1S/C15H21N3O2S/c1-11-6-4-5-7-15(11)12(2)18-21(19,20)14-8-13(9-16-3)17-10-14/h4-8,10,12,16-18H,9H2,1-3H3. The van der Waals surface area contributed by atoms with Crippen LogP contribution in [0.1, 0.15) is 29.8 Å². The van der Waals surface area contributed by atoms with Gasteiger partial charge in [-0.05, 0) is 38.1 Å². The molecule has 0 aliphatic rings. The Hall–Kier alpha value is -1.63. The number of hydrogen-bond donors (Lipinski definition) is 3. The van der Waals surface area contributed by atoms with Crippen LogP contribution in [-0.2, 0) is 16.6 Å². The molecular formula is C15H21N3O2S. The maximum atomic E-state index is 12.4. The molecule has 1 heterocycles. The summed E-state index contributed by atoms with van der Waals surface area (Å²) >= 11 is 0. The molecule has 5 nitrogen and oxygen atoms in total.